The molecule has 1 aromatic carbocycles. The van der Waals surface area contributed by atoms with Crippen LogP contribution >= 0.6 is 0 Å². The van der Waals surface area contributed by atoms with Crippen molar-refractivity contribution in [3.05, 3.63) is 54.1 Å². The van der Waals surface area contributed by atoms with Gasteiger partial charge in [-0.25, -0.2) is 9.97 Å². The molecule has 20 heavy (non-hydrogen) atoms. The van der Waals surface area contributed by atoms with Gasteiger partial charge in [0.05, 0.1) is 6.42 Å². The lowest BCUT2D eigenvalue weighted by atomic mass is 10.1. The molecular weight excluding hydrogens is 252 g/mol. The predicted octanol–water partition coefficient (Wildman–Crippen LogP) is 1.77. The molecule has 0 bridgehead atoms. The van der Waals surface area contributed by atoms with Crippen LogP contribution < -0.4 is 10.6 Å². The Morgan fingerprint density at radius 3 is 2.45 bits per heavy atom. The van der Waals surface area contributed by atoms with Crippen molar-refractivity contribution in [2.45, 2.75) is 19.9 Å². The van der Waals surface area contributed by atoms with E-state index in [1.54, 1.807) is 12.4 Å². The standard InChI is InChI=1S/C15H18N4O/c1-2-18-15(20)7-12-3-5-14(6-4-12)19-10-13-8-16-11-17-9-13/h3-6,8-9,11,19H,2,7,10H2,1H3,(H,18,20). The molecule has 104 valence electrons. The summed E-state index contributed by atoms with van der Waals surface area (Å²) in [6.45, 7) is 3.26. The number of amides is 1. The van der Waals surface area contributed by atoms with Crippen LogP contribution in [0.4, 0.5) is 5.69 Å². The molecule has 0 aliphatic carbocycles. The van der Waals surface area contributed by atoms with E-state index in [-0.39, 0.29) is 5.91 Å². The van der Waals surface area contributed by atoms with Crippen molar-refractivity contribution >= 4 is 11.6 Å². The predicted molar refractivity (Wildman–Crippen MR) is 78.2 cm³/mol. The number of benzene rings is 1. The fourth-order valence-corrected chi connectivity index (χ4v) is 1.81. The maximum atomic E-state index is 11.5. The molecule has 0 fully saturated rings. The van der Waals surface area contributed by atoms with Gasteiger partial charge in [0.25, 0.3) is 0 Å². The number of nitrogens with one attached hydrogen (secondary N) is 2. The number of anilines is 1. The van der Waals surface area contributed by atoms with Gasteiger partial charge in [0.2, 0.25) is 5.91 Å². The highest BCUT2D eigenvalue weighted by Gasteiger charge is 2.01. The average Bonchev–Trinajstić information content (AvgIpc) is 2.48. The first-order valence-corrected chi connectivity index (χ1v) is 6.61. The van der Waals surface area contributed by atoms with Crippen LogP contribution in [0.3, 0.4) is 0 Å². The molecule has 1 amide bonds. The van der Waals surface area contributed by atoms with Gasteiger partial charge in [-0.05, 0) is 24.6 Å². The highest BCUT2D eigenvalue weighted by molar-refractivity contribution is 5.78. The van der Waals surface area contributed by atoms with Gasteiger partial charge in [-0.2, -0.15) is 0 Å². The Labute approximate surface area is 118 Å². The van der Waals surface area contributed by atoms with Gasteiger partial charge in [-0.15, -0.1) is 0 Å². The summed E-state index contributed by atoms with van der Waals surface area (Å²) >= 11 is 0. The Bertz CT molecular complexity index is 540. The first kappa shape index (κ1) is 14.0. The summed E-state index contributed by atoms with van der Waals surface area (Å²) in [7, 11) is 0. The van der Waals surface area contributed by atoms with Crippen LogP contribution in [-0.2, 0) is 17.8 Å². The van der Waals surface area contributed by atoms with Crippen LogP contribution in [0.15, 0.2) is 43.0 Å². The smallest absolute Gasteiger partial charge is 0.224 e. The highest BCUT2D eigenvalue weighted by Crippen LogP contribution is 2.11. The molecule has 0 spiro atoms. The average molecular weight is 270 g/mol. The van der Waals surface area contributed by atoms with E-state index in [2.05, 4.69) is 20.6 Å². The van der Waals surface area contributed by atoms with E-state index >= 15 is 0 Å². The number of carbonyl (C=O) groups is 1. The van der Waals surface area contributed by atoms with Crippen molar-refractivity contribution in [1.29, 1.82) is 0 Å². The minimum atomic E-state index is 0.0506. The lowest BCUT2D eigenvalue weighted by Gasteiger charge is -2.07. The molecular formula is C15H18N4O. The molecule has 5 heteroatoms. The van der Waals surface area contributed by atoms with E-state index in [1.807, 2.05) is 31.2 Å². The summed E-state index contributed by atoms with van der Waals surface area (Å²) in [5.41, 5.74) is 3.04. The topological polar surface area (TPSA) is 66.9 Å². The van der Waals surface area contributed by atoms with Crippen molar-refractivity contribution in [2.24, 2.45) is 0 Å². The van der Waals surface area contributed by atoms with Gasteiger partial charge >= 0.3 is 0 Å². The second kappa shape index (κ2) is 7.23. The SMILES string of the molecule is CCNC(=O)Cc1ccc(NCc2cncnc2)cc1. The molecule has 2 rings (SSSR count). The molecule has 0 atom stereocenters. The van der Waals surface area contributed by atoms with E-state index in [4.69, 9.17) is 0 Å². The van der Waals surface area contributed by atoms with Crippen molar-refractivity contribution in [1.82, 2.24) is 15.3 Å². The van der Waals surface area contributed by atoms with E-state index in [1.165, 1.54) is 6.33 Å². The Morgan fingerprint density at radius 2 is 1.80 bits per heavy atom. The summed E-state index contributed by atoms with van der Waals surface area (Å²) < 4.78 is 0. The van der Waals surface area contributed by atoms with E-state index in [0.29, 0.717) is 19.5 Å². The van der Waals surface area contributed by atoms with Crippen LogP contribution in [0.1, 0.15) is 18.1 Å². The zero-order valence-electron chi connectivity index (χ0n) is 11.5. The molecule has 2 aromatic rings. The zero-order valence-corrected chi connectivity index (χ0v) is 11.5. The fraction of sp³-hybridized carbons (Fsp3) is 0.267. The van der Waals surface area contributed by atoms with Crippen molar-refractivity contribution in [3.63, 3.8) is 0 Å². The lowest BCUT2D eigenvalue weighted by Crippen LogP contribution is -2.24. The maximum absolute atomic E-state index is 11.5. The number of likely N-dealkylation sites (N-methyl/N-ethyl adjacent to an activating group) is 1. The number of carbonyl (C=O) groups excluding carboxylic acids is 1. The number of rotatable bonds is 6. The third-order valence-corrected chi connectivity index (χ3v) is 2.80. The van der Waals surface area contributed by atoms with Gasteiger partial charge < -0.3 is 10.6 Å². The summed E-state index contributed by atoms with van der Waals surface area (Å²) in [5.74, 6) is 0.0506. The minimum Gasteiger partial charge on any atom is -0.381 e. The third-order valence-electron chi connectivity index (χ3n) is 2.80. The van der Waals surface area contributed by atoms with Crippen molar-refractivity contribution in [2.75, 3.05) is 11.9 Å². The second-order valence-corrected chi connectivity index (χ2v) is 4.43. The summed E-state index contributed by atoms with van der Waals surface area (Å²) in [4.78, 5) is 19.4. The number of hydrogen-bond acceptors (Lipinski definition) is 4. The fourth-order valence-electron chi connectivity index (χ4n) is 1.81. The molecule has 1 heterocycles. The van der Waals surface area contributed by atoms with Crippen LogP contribution in [0.5, 0.6) is 0 Å². The molecule has 0 aliphatic heterocycles. The largest absolute Gasteiger partial charge is 0.381 e. The number of aromatic nitrogens is 2. The van der Waals surface area contributed by atoms with Gasteiger partial charge in [-0.1, -0.05) is 12.1 Å². The maximum Gasteiger partial charge on any atom is 0.224 e. The normalized spacial score (nSPS) is 10.1. The molecule has 0 unspecified atom stereocenters. The van der Waals surface area contributed by atoms with Crippen LogP contribution in [0.25, 0.3) is 0 Å². The van der Waals surface area contributed by atoms with Crippen LogP contribution in [-0.4, -0.2) is 22.4 Å². The molecule has 1 aromatic heterocycles. The van der Waals surface area contributed by atoms with E-state index in [0.717, 1.165) is 16.8 Å². The van der Waals surface area contributed by atoms with Crippen molar-refractivity contribution < 1.29 is 4.79 Å². The molecule has 0 saturated heterocycles. The highest BCUT2D eigenvalue weighted by atomic mass is 16.1. The van der Waals surface area contributed by atoms with E-state index < -0.39 is 0 Å². The first-order valence-electron chi connectivity index (χ1n) is 6.61. The molecule has 0 radical (unpaired) electrons. The van der Waals surface area contributed by atoms with Gasteiger partial charge in [0.15, 0.2) is 0 Å². The van der Waals surface area contributed by atoms with Gasteiger partial charge in [0, 0.05) is 36.7 Å². The molecule has 2 N–H and O–H groups in total. The molecule has 0 saturated carbocycles. The minimum absolute atomic E-state index is 0.0506. The Balaban J connectivity index is 1.87. The summed E-state index contributed by atoms with van der Waals surface area (Å²) in [6.07, 6.45) is 5.49. The number of hydrogen-bond donors (Lipinski definition) is 2. The van der Waals surface area contributed by atoms with Crippen LogP contribution in [0, 0.1) is 0 Å². The molecule has 5 nitrogen and oxygen atoms in total. The third kappa shape index (κ3) is 4.35. The van der Waals surface area contributed by atoms with Crippen molar-refractivity contribution in [3.8, 4) is 0 Å². The summed E-state index contributed by atoms with van der Waals surface area (Å²) in [5, 5.41) is 6.07. The van der Waals surface area contributed by atoms with Crippen LogP contribution in [0.2, 0.25) is 0 Å². The summed E-state index contributed by atoms with van der Waals surface area (Å²) in [6, 6.07) is 7.86. The van der Waals surface area contributed by atoms with Gasteiger partial charge in [0.1, 0.15) is 6.33 Å². The monoisotopic (exact) mass is 270 g/mol. The van der Waals surface area contributed by atoms with E-state index in [9.17, 15) is 4.79 Å². The molecule has 0 aliphatic rings. The Morgan fingerprint density at radius 1 is 1.10 bits per heavy atom. The second-order valence-electron chi connectivity index (χ2n) is 4.43. The zero-order chi connectivity index (χ0) is 14.2. The Hall–Kier alpha value is -2.43. The van der Waals surface area contributed by atoms with Gasteiger partial charge in [-0.3, -0.25) is 4.79 Å². The lowest BCUT2D eigenvalue weighted by molar-refractivity contribution is -0.120. The number of nitrogens with zero attached hydrogens (tertiary/aromatic N) is 2. The Kier molecular flexibility index (Phi) is 5.06. The first-order chi connectivity index (χ1) is 9.78. The quantitative estimate of drug-likeness (QED) is 0.839.